The molecule has 2 fully saturated rings. The molecule has 2 saturated heterocycles. The van der Waals surface area contributed by atoms with Gasteiger partial charge in [-0.25, -0.2) is 0 Å². The highest BCUT2D eigenvalue weighted by Gasteiger charge is 2.31. The second-order valence-electron chi connectivity index (χ2n) is 8.32. The number of hydrogen-bond acceptors (Lipinski definition) is 6. The molecule has 0 radical (unpaired) electrons. The predicted octanol–water partition coefficient (Wildman–Crippen LogP) is 2.01. The molecule has 0 spiro atoms. The third kappa shape index (κ3) is 4.47. The van der Waals surface area contributed by atoms with Crippen LogP contribution in [0.4, 0.5) is 5.00 Å². The minimum Gasteiger partial charge on any atom is -0.368 e. The number of nitriles is 1. The van der Waals surface area contributed by atoms with Crippen molar-refractivity contribution in [3.8, 4) is 6.07 Å². The van der Waals surface area contributed by atoms with Crippen molar-refractivity contribution in [2.45, 2.75) is 45.1 Å². The zero-order valence-electron chi connectivity index (χ0n) is 16.9. The van der Waals surface area contributed by atoms with E-state index in [1.807, 2.05) is 4.90 Å². The van der Waals surface area contributed by atoms with Gasteiger partial charge in [0.25, 0.3) is 5.91 Å². The standard InChI is InChI=1S/C21H28N4O3S/c1-14-4-5-15-16(12-22)20(29-18(15)11-14)23-19(26)13-24-6-8-25(9-7-24)21(27)17-3-2-10-28-17/h14,17H,2-11,13H2,1H3,(H,23,26). The molecule has 7 nitrogen and oxygen atoms in total. The van der Waals surface area contributed by atoms with E-state index in [9.17, 15) is 14.9 Å². The van der Waals surface area contributed by atoms with Gasteiger partial charge < -0.3 is 15.0 Å². The smallest absolute Gasteiger partial charge is 0.251 e. The van der Waals surface area contributed by atoms with Gasteiger partial charge in [-0.1, -0.05) is 6.92 Å². The number of piperazine rings is 1. The number of hydrogen-bond donors (Lipinski definition) is 1. The topological polar surface area (TPSA) is 85.7 Å². The number of nitrogens with one attached hydrogen (secondary N) is 1. The van der Waals surface area contributed by atoms with Crippen molar-refractivity contribution in [1.29, 1.82) is 5.26 Å². The number of fused-ring (bicyclic) bond motifs is 1. The number of amides is 2. The normalized spacial score (nSPS) is 24.8. The summed E-state index contributed by atoms with van der Waals surface area (Å²) in [6.45, 7) is 5.79. The van der Waals surface area contributed by atoms with Crippen molar-refractivity contribution in [1.82, 2.24) is 9.80 Å². The number of anilines is 1. The molecule has 156 valence electrons. The van der Waals surface area contributed by atoms with Crippen LogP contribution in [-0.4, -0.2) is 67.0 Å². The molecule has 8 heteroatoms. The third-order valence-corrected chi connectivity index (χ3v) is 7.30. The van der Waals surface area contributed by atoms with Gasteiger partial charge in [-0.3, -0.25) is 14.5 Å². The molecule has 2 amide bonds. The molecular formula is C21H28N4O3S. The van der Waals surface area contributed by atoms with Crippen LogP contribution >= 0.6 is 11.3 Å². The van der Waals surface area contributed by atoms with E-state index >= 15 is 0 Å². The molecule has 0 aromatic carbocycles. The van der Waals surface area contributed by atoms with Crippen LogP contribution in [0.5, 0.6) is 0 Å². The maximum atomic E-state index is 12.6. The van der Waals surface area contributed by atoms with E-state index in [2.05, 4.69) is 23.2 Å². The molecule has 0 saturated carbocycles. The van der Waals surface area contributed by atoms with Crippen LogP contribution in [0.1, 0.15) is 42.2 Å². The van der Waals surface area contributed by atoms with E-state index in [4.69, 9.17) is 4.74 Å². The van der Waals surface area contributed by atoms with E-state index in [0.29, 0.717) is 49.3 Å². The van der Waals surface area contributed by atoms with Crippen molar-refractivity contribution in [3.63, 3.8) is 0 Å². The fourth-order valence-electron chi connectivity index (χ4n) is 4.43. The molecule has 1 aromatic rings. The fraction of sp³-hybridized carbons (Fsp3) is 0.667. The van der Waals surface area contributed by atoms with Crippen molar-refractivity contribution in [2.24, 2.45) is 5.92 Å². The van der Waals surface area contributed by atoms with Crippen molar-refractivity contribution in [2.75, 3.05) is 44.6 Å². The van der Waals surface area contributed by atoms with Crippen LogP contribution < -0.4 is 5.32 Å². The average molecular weight is 417 g/mol. The molecule has 1 aliphatic carbocycles. The SMILES string of the molecule is CC1CCc2c(sc(NC(=O)CN3CCN(C(=O)C4CCCO4)CC3)c2C#N)C1. The van der Waals surface area contributed by atoms with Gasteiger partial charge in [-0.2, -0.15) is 5.26 Å². The quantitative estimate of drug-likeness (QED) is 0.812. The predicted molar refractivity (Wildman–Crippen MR) is 111 cm³/mol. The molecule has 29 heavy (non-hydrogen) atoms. The highest BCUT2D eigenvalue weighted by atomic mass is 32.1. The van der Waals surface area contributed by atoms with Crippen LogP contribution in [0.2, 0.25) is 0 Å². The zero-order chi connectivity index (χ0) is 20.4. The molecule has 2 aliphatic heterocycles. The highest BCUT2D eigenvalue weighted by molar-refractivity contribution is 7.16. The van der Waals surface area contributed by atoms with E-state index < -0.39 is 0 Å². The Balaban J connectivity index is 1.30. The molecule has 4 rings (SSSR count). The third-order valence-electron chi connectivity index (χ3n) is 6.13. The number of carbonyl (C=O) groups excluding carboxylic acids is 2. The first-order valence-corrected chi connectivity index (χ1v) is 11.3. The highest BCUT2D eigenvalue weighted by Crippen LogP contribution is 2.39. The first-order valence-electron chi connectivity index (χ1n) is 10.5. The van der Waals surface area contributed by atoms with Crippen LogP contribution in [0.15, 0.2) is 0 Å². The Morgan fingerprint density at radius 3 is 2.76 bits per heavy atom. The molecule has 2 unspecified atom stereocenters. The Labute approximate surface area is 175 Å². The lowest BCUT2D eigenvalue weighted by Gasteiger charge is -2.35. The lowest BCUT2D eigenvalue weighted by atomic mass is 9.89. The summed E-state index contributed by atoms with van der Waals surface area (Å²) in [6, 6.07) is 2.30. The monoisotopic (exact) mass is 416 g/mol. The number of ether oxygens (including phenoxy) is 1. The summed E-state index contributed by atoms with van der Waals surface area (Å²) in [5.41, 5.74) is 1.78. The minimum absolute atomic E-state index is 0.0867. The molecule has 3 aliphatic rings. The summed E-state index contributed by atoms with van der Waals surface area (Å²) < 4.78 is 5.49. The molecular weight excluding hydrogens is 388 g/mol. The van der Waals surface area contributed by atoms with Gasteiger partial charge in [0.05, 0.1) is 12.1 Å². The van der Waals surface area contributed by atoms with Gasteiger partial charge in [0.15, 0.2) is 0 Å². The Morgan fingerprint density at radius 2 is 2.07 bits per heavy atom. The second-order valence-corrected chi connectivity index (χ2v) is 9.42. The summed E-state index contributed by atoms with van der Waals surface area (Å²) in [5, 5.41) is 13.3. The lowest BCUT2D eigenvalue weighted by Crippen LogP contribution is -2.52. The number of nitrogens with zero attached hydrogens (tertiary/aromatic N) is 3. The van der Waals surface area contributed by atoms with Crippen molar-refractivity contribution < 1.29 is 14.3 Å². The van der Waals surface area contributed by atoms with Gasteiger partial charge in [-0.05, 0) is 43.6 Å². The van der Waals surface area contributed by atoms with Crippen LogP contribution in [0.3, 0.4) is 0 Å². The van der Waals surface area contributed by atoms with E-state index in [0.717, 1.165) is 37.7 Å². The summed E-state index contributed by atoms with van der Waals surface area (Å²) in [4.78, 5) is 30.2. The zero-order valence-corrected chi connectivity index (χ0v) is 17.7. The summed E-state index contributed by atoms with van der Waals surface area (Å²) in [5.74, 6) is 0.626. The Bertz CT molecular complexity index is 817. The lowest BCUT2D eigenvalue weighted by molar-refractivity contribution is -0.142. The largest absolute Gasteiger partial charge is 0.368 e. The van der Waals surface area contributed by atoms with Crippen LogP contribution in [-0.2, 0) is 27.2 Å². The number of rotatable bonds is 4. The first kappa shape index (κ1) is 20.3. The molecule has 2 atom stereocenters. The van der Waals surface area contributed by atoms with E-state index in [1.54, 1.807) is 11.3 Å². The second kappa shape index (κ2) is 8.82. The first-order chi connectivity index (χ1) is 14.0. The summed E-state index contributed by atoms with van der Waals surface area (Å²) >= 11 is 1.56. The summed E-state index contributed by atoms with van der Waals surface area (Å²) in [7, 11) is 0. The molecule has 0 bridgehead atoms. The van der Waals surface area contributed by atoms with Gasteiger partial charge in [0, 0.05) is 37.7 Å². The van der Waals surface area contributed by atoms with Crippen molar-refractivity contribution >= 4 is 28.2 Å². The van der Waals surface area contributed by atoms with Gasteiger partial charge in [0.2, 0.25) is 5.91 Å². The number of carbonyl (C=O) groups is 2. The fourth-order valence-corrected chi connectivity index (χ4v) is 5.81. The number of thiophene rings is 1. The van der Waals surface area contributed by atoms with Gasteiger partial charge in [0.1, 0.15) is 17.2 Å². The molecule has 1 N–H and O–H groups in total. The average Bonchev–Trinajstić information content (AvgIpc) is 3.35. The van der Waals surface area contributed by atoms with Crippen LogP contribution in [0, 0.1) is 17.2 Å². The maximum Gasteiger partial charge on any atom is 0.251 e. The van der Waals surface area contributed by atoms with E-state index in [-0.39, 0.29) is 24.5 Å². The van der Waals surface area contributed by atoms with Gasteiger partial charge >= 0.3 is 0 Å². The van der Waals surface area contributed by atoms with Crippen LogP contribution in [0.25, 0.3) is 0 Å². The van der Waals surface area contributed by atoms with Crippen molar-refractivity contribution in [3.05, 3.63) is 16.0 Å². The van der Waals surface area contributed by atoms with Gasteiger partial charge in [-0.15, -0.1) is 11.3 Å². The Kier molecular flexibility index (Phi) is 6.18. The Morgan fingerprint density at radius 1 is 1.28 bits per heavy atom. The minimum atomic E-state index is -0.276. The Hall–Kier alpha value is -1.95. The molecule has 3 heterocycles. The summed E-state index contributed by atoms with van der Waals surface area (Å²) in [6.07, 6.45) is 4.50. The molecule has 1 aromatic heterocycles. The maximum absolute atomic E-state index is 12.6. The van der Waals surface area contributed by atoms with E-state index in [1.165, 1.54) is 4.88 Å².